The molecule has 2 heterocycles. The van der Waals surface area contributed by atoms with Gasteiger partial charge in [-0.25, -0.2) is 10.3 Å². The zero-order valence-corrected chi connectivity index (χ0v) is 7.32. The fourth-order valence-electron chi connectivity index (χ4n) is 2.02. The van der Waals surface area contributed by atoms with Gasteiger partial charge in [-0.15, -0.1) is 0 Å². The van der Waals surface area contributed by atoms with Crippen LogP contribution in [-0.2, 0) is 0 Å². The molecule has 1 aromatic heterocycles. The van der Waals surface area contributed by atoms with Gasteiger partial charge in [0.1, 0.15) is 5.69 Å². The molecule has 0 spiro atoms. The molecule has 1 aliphatic carbocycles. The average molecular weight is 172 g/mol. The minimum Gasteiger partial charge on any atom is -0.251 e. The van der Waals surface area contributed by atoms with Crippen LogP contribution in [0.3, 0.4) is 0 Å². The fraction of sp³-hybridized carbons (Fsp3) is 0.400. The van der Waals surface area contributed by atoms with Crippen LogP contribution in [0.25, 0.3) is 5.57 Å². The lowest BCUT2D eigenvalue weighted by atomic mass is 9.96. The number of hydrogen-bond acceptors (Lipinski definition) is 2. The van der Waals surface area contributed by atoms with Crippen molar-refractivity contribution in [3.8, 4) is 0 Å². The monoisotopic (exact) mass is 172 g/mol. The molecule has 0 saturated carbocycles. The Bertz CT molecular complexity index is 382. The number of rotatable bonds is 0. The van der Waals surface area contributed by atoms with E-state index in [-0.39, 0.29) is 0 Å². The van der Waals surface area contributed by atoms with E-state index in [2.05, 4.69) is 15.3 Å². The number of allylic oxidation sites excluding steroid dienone is 2. The predicted octanol–water partition coefficient (Wildman–Crippen LogP) is 2.01. The summed E-state index contributed by atoms with van der Waals surface area (Å²) < 4.78 is 0. The van der Waals surface area contributed by atoms with Crippen LogP contribution < -0.4 is 5.32 Å². The van der Waals surface area contributed by atoms with Crippen LogP contribution in [0.15, 0.2) is 18.1 Å². The molecule has 0 aromatic carbocycles. The first kappa shape index (κ1) is 7.06. The number of aromatic nitrogens is 2. The van der Waals surface area contributed by atoms with Crippen molar-refractivity contribution in [2.24, 2.45) is 0 Å². The maximum absolute atomic E-state index is 4.48. The largest absolute Gasteiger partial charge is 0.251 e. The highest BCUT2D eigenvalue weighted by atomic mass is 15.1. The lowest BCUT2D eigenvalue weighted by Gasteiger charge is -2.10. The van der Waals surface area contributed by atoms with E-state index in [1.54, 1.807) is 12.4 Å². The van der Waals surface area contributed by atoms with Gasteiger partial charge in [-0.1, -0.05) is 0 Å². The van der Waals surface area contributed by atoms with Crippen molar-refractivity contribution in [3.63, 3.8) is 0 Å². The molecular weight excluding hydrogens is 162 g/mol. The quantitative estimate of drug-likeness (QED) is 0.600. The molecular formula is C10H10N3. The van der Waals surface area contributed by atoms with E-state index in [0.717, 1.165) is 24.4 Å². The Morgan fingerprint density at radius 1 is 1.00 bits per heavy atom. The van der Waals surface area contributed by atoms with Crippen molar-refractivity contribution < 1.29 is 0 Å². The molecule has 1 aliphatic heterocycles. The lowest BCUT2D eigenvalue weighted by molar-refractivity contribution is 0.696. The maximum Gasteiger partial charge on any atom is 0.178 e. The van der Waals surface area contributed by atoms with Crippen LogP contribution in [0.5, 0.6) is 0 Å². The van der Waals surface area contributed by atoms with Crippen LogP contribution in [0.1, 0.15) is 31.4 Å². The van der Waals surface area contributed by atoms with Crippen molar-refractivity contribution in [1.82, 2.24) is 15.3 Å². The van der Waals surface area contributed by atoms with E-state index in [1.165, 1.54) is 24.1 Å². The molecule has 0 unspecified atom stereocenters. The summed E-state index contributed by atoms with van der Waals surface area (Å²) in [6.07, 6.45) is 8.22. The summed E-state index contributed by atoms with van der Waals surface area (Å²) in [7, 11) is 0. The molecule has 0 fully saturated rings. The molecule has 13 heavy (non-hydrogen) atoms. The van der Waals surface area contributed by atoms with Gasteiger partial charge in [0.2, 0.25) is 0 Å². The summed E-state index contributed by atoms with van der Waals surface area (Å²) in [6, 6.07) is 0. The van der Waals surface area contributed by atoms with Crippen molar-refractivity contribution in [1.29, 1.82) is 0 Å². The molecule has 0 atom stereocenters. The molecule has 0 saturated heterocycles. The number of hydrogen-bond donors (Lipinski definition) is 0. The standard InChI is InChI=1S/C10H10N3/c1-2-4-8-7(3-1)9-10(13-8)12-6-5-11-9/h5-6H,1-4H2. The third-order valence-electron chi connectivity index (χ3n) is 2.64. The van der Waals surface area contributed by atoms with Crippen LogP contribution in [0, 0.1) is 0 Å². The normalized spacial score (nSPS) is 19.4. The SMILES string of the molecule is c1cnc2c(n1)[N]C1=C2CCCC1. The van der Waals surface area contributed by atoms with Crippen LogP contribution in [0.2, 0.25) is 0 Å². The van der Waals surface area contributed by atoms with Crippen molar-refractivity contribution in [2.45, 2.75) is 25.7 Å². The molecule has 3 rings (SSSR count). The van der Waals surface area contributed by atoms with Crippen molar-refractivity contribution in [3.05, 3.63) is 23.8 Å². The predicted molar refractivity (Wildman–Crippen MR) is 49.2 cm³/mol. The van der Waals surface area contributed by atoms with Gasteiger partial charge < -0.3 is 0 Å². The lowest BCUT2D eigenvalue weighted by Crippen LogP contribution is -1.99. The first-order valence-corrected chi connectivity index (χ1v) is 4.70. The summed E-state index contributed by atoms with van der Waals surface area (Å²) in [5, 5.41) is 4.48. The highest BCUT2D eigenvalue weighted by Crippen LogP contribution is 2.39. The Kier molecular flexibility index (Phi) is 1.39. The molecule has 65 valence electrons. The molecule has 0 N–H and O–H groups in total. The summed E-state index contributed by atoms with van der Waals surface area (Å²) >= 11 is 0. The van der Waals surface area contributed by atoms with E-state index >= 15 is 0 Å². The zero-order chi connectivity index (χ0) is 8.67. The first-order chi connectivity index (χ1) is 6.45. The van der Waals surface area contributed by atoms with E-state index < -0.39 is 0 Å². The van der Waals surface area contributed by atoms with E-state index in [9.17, 15) is 0 Å². The maximum atomic E-state index is 4.48. The van der Waals surface area contributed by atoms with Gasteiger partial charge in [0.15, 0.2) is 5.82 Å². The summed E-state index contributed by atoms with van der Waals surface area (Å²) in [6.45, 7) is 0. The Labute approximate surface area is 76.9 Å². The van der Waals surface area contributed by atoms with Crippen LogP contribution in [-0.4, -0.2) is 9.97 Å². The molecule has 0 amide bonds. The first-order valence-electron chi connectivity index (χ1n) is 4.70. The molecule has 3 nitrogen and oxygen atoms in total. The topological polar surface area (TPSA) is 39.9 Å². The highest BCUT2D eigenvalue weighted by Gasteiger charge is 2.26. The summed E-state index contributed by atoms with van der Waals surface area (Å²) in [5.74, 6) is 0.828. The van der Waals surface area contributed by atoms with Gasteiger partial charge in [-0.05, 0) is 25.7 Å². The minimum atomic E-state index is 0.828. The Balaban J connectivity index is 2.12. The van der Waals surface area contributed by atoms with Gasteiger partial charge in [0.05, 0.1) is 0 Å². The highest BCUT2D eigenvalue weighted by molar-refractivity contribution is 5.77. The zero-order valence-electron chi connectivity index (χ0n) is 7.32. The second-order valence-electron chi connectivity index (χ2n) is 3.47. The number of nitrogens with zero attached hydrogens (tertiary/aromatic N) is 3. The molecule has 2 aliphatic rings. The van der Waals surface area contributed by atoms with Gasteiger partial charge in [-0.3, -0.25) is 4.98 Å². The minimum absolute atomic E-state index is 0.828. The van der Waals surface area contributed by atoms with Crippen molar-refractivity contribution >= 4 is 11.4 Å². The molecule has 1 aromatic rings. The smallest absolute Gasteiger partial charge is 0.178 e. The second kappa shape index (κ2) is 2.55. The molecule has 0 bridgehead atoms. The third kappa shape index (κ3) is 0.963. The Morgan fingerprint density at radius 3 is 2.85 bits per heavy atom. The molecule has 3 heteroatoms. The van der Waals surface area contributed by atoms with E-state index in [0.29, 0.717) is 0 Å². The van der Waals surface area contributed by atoms with Gasteiger partial charge in [0, 0.05) is 23.7 Å². The number of fused-ring (bicyclic) bond motifs is 2. The summed E-state index contributed by atoms with van der Waals surface area (Å²) in [5.41, 5.74) is 3.60. The third-order valence-corrected chi connectivity index (χ3v) is 2.64. The van der Waals surface area contributed by atoms with Crippen LogP contribution in [0.4, 0.5) is 5.82 Å². The summed E-state index contributed by atoms with van der Waals surface area (Å²) in [4.78, 5) is 8.54. The Hall–Kier alpha value is -1.38. The van der Waals surface area contributed by atoms with Gasteiger partial charge in [0.25, 0.3) is 0 Å². The van der Waals surface area contributed by atoms with Gasteiger partial charge in [-0.2, -0.15) is 0 Å². The Morgan fingerprint density at radius 2 is 1.85 bits per heavy atom. The van der Waals surface area contributed by atoms with Gasteiger partial charge >= 0.3 is 0 Å². The molecule has 1 radical (unpaired) electrons. The average Bonchev–Trinajstić information content (AvgIpc) is 2.56. The second-order valence-corrected chi connectivity index (χ2v) is 3.47. The fourth-order valence-corrected chi connectivity index (χ4v) is 2.02. The van der Waals surface area contributed by atoms with E-state index in [1.807, 2.05) is 0 Å². The van der Waals surface area contributed by atoms with Crippen LogP contribution >= 0.6 is 0 Å². The van der Waals surface area contributed by atoms with Crippen molar-refractivity contribution in [2.75, 3.05) is 0 Å². The van der Waals surface area contributed by atoms with E-state index in [4.69, 9.17) is 0 Å².